The molecule has 1 aliphatic heterocycles. The Balaban J connectivity index is 1.83. The molecule has 7 nitrogen and oxygen atoms in total. The first-order valence-corrected chi connectivity index (χ1v) is 10.9. The molecule has 2 N–H and O–H groups in total. The summed E-state index contributed by atoms with van der Waals surface area (Å²) in [4.78, 5) is 38.5. The summed E-state index contributed by atoms with van der Waals surface area (Å²) in [5.74, 6) is -1.24. The van der Waals surface area contributed by atoms with Crippen LogP contribution in [0.4, 0.5) is 0 Å². The van der Waals surface area contributed by atoms with E-state index in [1.54, 1.807) is 24.3 Å². The van der Waals surface area contributed by atoms with Gasteiger partial charge in [-0.2, -0.15) is 4.99 Å². The van der Waals surface area contributed by atoms with Crippen molar-refractivity contribution < 1.29 is 24.2 Å². The van der Waals surface area contributed by atoms with Crippen molar-refractivity contribution in [2.24, 2.45) is 4.99 Å². The van der Waals surface area contributed by atoms with Crippen molar-refractivity contribution in [3.05, 3.63) is 66.9 Å². The zero-order valence-electron chi connectivity index (χ0n) is 15.4. The van der Waals surface area contributed by atoms with Gasteiger partial charge in [-0.25, -0.2) is 4.79 Å². The smallest absolute Gasteiger partial charge is 0.335 e. The number of ether oxygens (including phenoxy) is 1. The summed E-state index contributed by atoms with van der Waals surface area (Å²) in [6.45, 7) is 1.54. The Bertz CT molecular complexity index is 1100. The van der Waals surface area contributed by atoms with Crippen LogP contribution in [0.1, 0.15) is 28.4 Å². The average Bonchev–Trinajstić information content (AvgIpc) is 2.99. The van der Waals surface area contributed by atoms with Gasteiger partial charge in [0.25, 0.3) is 5.91 Å². The fourth-order valence-corrected chi connectivity index (χ4v) is 4.72. The summed E-state index contributed by atoms with van der Waals surface area (Å²) < 4.78 is 7.41. The van der Waals surface area contributed by atoms with Crippen LogP contribution in [0.25, 0.3) is 6.08 Å². The Morgan fingerprint density at radius 3 is 2.57 bits per heavy atom. The molecule has 2 aromatic rings. The maximum atomic E-state index is 12.2. The topological polar surface area (TPSA) is 105 Å². The van der Waals surface area contributed by atoms with E-state index in [0.29, 0.717) is 20.7 Å². The van der Waals surface area contributed by atoms with E-state index in [1.165, 1.54) is 19.1 Å². The lowest BCUT2D eigenvalue weighted by molar-refractivity contribution is -0.117. The monoisotopic (exact) mass is 552 g/mol. The van der Waals surface area contributed by atoms with Crippen LogP contribution in [-0.2, 0) is 16.2 Å². The summed E-state index contributed by atoms with van der Waals surface area (Å²) in [6.07, 6.45) is 1.64. The maximum absolute atomic E-state index is 12.2. The molecule has 0 fully saturated rings. The number of aliphatic imine (C=N–C) groups is 1. The third-order valence-corrected chi connectivity index (χ3v) is 5.76. The summed E-state index contributed by atoms with van der Waals surface area (Å²) in [6, 6.07) is 9.99. The Morgan fingerprint density at radius 1 is 1.23 bits per heavy atom. The number of nitrogens with zero attached hydrogens (tertiary/aromatic N) is 1. The molecule has 0 saturated heterocycles. The van der Waals surface area contributed by atoms with Crippen molar-refractivity contribution >= 4 is 72.6 Å². The first kappa shape index (κ1) is 22.3. The minimum absolute atomic E-state index is 0.195. The predicted molar refractivity (Wildman–Crippen MR) is 121 cm³/mol. The molecule has 1 aliphatic rings. The Morgan fingerprint density at radius 2 is 1.93 bits per heavy atom. The standard InChI is InChI=1S/C20H14Br2N2O5S/c1-10(25)23-20-24-18(26)16(30-20)7-13-6-14(21)8-15(22)17(13)29-9-11-2-4-12(5-3-11)19(27)28/h2-8H,9H2,1H3,(H,27,28)(H,23,24,25,26)/b16-7+. The summed E-state index contributed by atoms with van der Waals surface area (Å²) in [5.41, 5.74) is 1.62. The normalized spacial score (nSPS) is 14.6. The number of carboxylic acid groups (broad SMARTS) is 1. The zero-order valence-corrected chi connectivity index (χ0v) is 19.4. The number of hydrogen-bond donors (Lipinski definition) is 2. The van der Waals surface area contributed by atoms with E-state index >= 15 is 0 Å². The Labute approximate surface area is 192 Å². The second kappa shape index (κ2) is 9.59. The van der Waals surface area contributed by atoms with Gasteiger partial charge in [0.1, 0.15) is 12.4 Å². The molecule has 2 aromatic carbocycles. The van der Waals surface area contributed by atoms with Crippen LogP contribution in [0.5, 0.6) is 5.75 Å². The van der Waals surface area contributed by atoms with Gasteiger partial charge in [0.05, 0.1) is 14.9 Å². The second-order valence-electron chi connectivity index (χ2n) is 6.11. The number of carboxylic acids is 1. The first-order valence-electron chi connectivity index (χ1n) is 8.47. The SMILES string of the molecule is CC(=O)NC1=NC(=O)/C(=C\c2cc(Br)cc(Br)c2OCc2ccc(C(=O)O)cc2)S1. The van der Waals surface area contributed by atoms with E-state index in [2.05, 4.69) is 42.2 Å². The molecule has 2 amide bonds. The molecule has 10 heteroatoms. The van der Waals surface area contributed by atoms with Crippen LogP contribution in [-0.4, -0.2) is 28.1 Å². The van der Waals surface area contributed by atoms with E-state index in [-0.39, 0.29) is 23.2 Å². The van der Waals surface area contributed by atoms with Gasteiger partial charge in [-0.3, -0.25) is 9.59 Å². The number of carbonyl (C=O) groups is 3. The number of amides is 2. The highest BCUT2D eigenvalue weighted by Gasteiger charge is 2.23. The summed E-state index contributed by atoms with van der Waals surface area (Å²) >= 11 is 7.97. The third kappa shape index (κ3) is 5.59. The Hall–Kier alpha value is -2.43. The lowest BCUT2D eigenvalue weighted by Gasteiger charge is -2.13. The summed E-state index contributed by atoms with van der Waals surface area (Å²) in [5, 5.41) is 11.7. The molecule has 1 heterocycles. The van der Waals surface area contributed by atoms with Gasteiger partial charge in [-0.05, 0) is 63.6 Å². The number of nitrogens with one attached hydrogen (secondary N) is 1. The van der Waals surface area contributed by atoms with Crippen molar-refractivity contribution in [3.63, 3.8) is 0 Å². The number of thioether (sulfide) groups is 1. The van der Waals surface area contributed by atoms with E-state index in [1.807, 2.05) is 6.07 Å². The molecule has 0 saturated carbocycles. The van der Waals surface area contributed by atoms with Crippen LogP contribution in [0, 0.1) is 0 Å². The van der Waals surface area contributed by atoms with Crippen molar-refractivity contribution in [1.29, 1.82) is 0 Å². The van der Waals surface area contributed by atoms with E-state index < -0.39 is 11.9 Å². The second-order valence-corrected chi connectivity index (χ2v) is 8.91. The first-order chi connectivity index (χ1) is 14.2. The van der Waals surface area contributed by atoms with Crippen LogP contribution in [0.3, 0.4) is 0 Å². The van der Waals surface area contributed by atoms with Gasteiger partial charge in [-0.15, -0.1) is 0 Å². The van der Waals surface area contributed by atoms with E-state index in [0.717, 1.165) is 21.8 Å². The molecule has 0 radical (unpaired) electrons. The highest BCUT2D eigenvalue weighted by atomic mass is 79.9. The molecular formula is C20H14Br2N2O5S. The highest BCUT2D eigenvalue weighted by Crippen LogP contribution is 2.37. The van der Waals surface area contributed by atoms with Gasteiger partial charge in [0, 0.05) is 17.0 Å². The van der Waals surface area contributed by atoms with Crippen molar-refractivity contribution in [1.82, 2.24) is 5.32 Å². The van der Waals surface area contributed by atoms with Gasteiger partial charge in [0.2, 0.25) is 5.91 Å². The number of rotatable bonds is 5. The molecule has 0 bridgehead atoms. The number of aromatic carboxylic acids is 1. The maximum Gasteiger partial charge on any atom is 0.335 e. The lowest BCUT2D eigenvalue weighted by atomic mass is 10.1. The third-order valence-electron chi connectivity index (χ3n) is 3.81. The molecular weight excluding hydrogens is 540 g/mol. The molecule has 154 valence electrons. The molecule has 0 atom stereocenters. The molecule has 30 heavy (non-hydrogen) atoms. The fourth-order valence-electron chi connectivity index (χ4n) is 2.49. The average molecular weight is 554 g/mol. The quantitative estimate of drug-likeness (QED) is 0.524. The van der Waals surface area contributed by atoms with Crippen molar-refractivity contribution in [3.8, 4) is 5.75 Å². The zero-order chi connectivity index (χ0) is 21.8. The molecule has 0 aliphatic carbocycles. The van der Waals surface area contributed by atoms with Crippen LogP contribution in [0.2, 0.25) is 0 Å². The minimum atomic E-state index is -0.994. The van der Waals surface area contributed by atoms with Crippen LogP contribution < -0.4 is 10.1 Å². The van der Waals surface area contributed by atoms with E-state index in [4.69, 9.17) is 9.84 Å². The van der Waals surface area contributed by atoms with Gasteiger partial charge in [0.15, 0.2) is 5.17 Å². The number of hydrogen-bond acceptors (Lipinski definition) is 5. The number of carbonyl (C=O) groups excluding carboxylic acids is 2. The summed E-state index contributed by atoms with van der Waals surface area (Å²) in [7, 11) is 0. The number of halogens is 2. The lowest BCUT2D eigenvalue weighted by Crippen LogP contribution is -2.23. The number of amidine groups is 1. The van der Waals surface area contributed by atoms with Crippen molar-refractivity contribution in [2.75, 3.05) is 0 Å². The fraction of sp³-hybridized carbons (Fsp3) is 0.100. The minimum Gasteiger partial charge on any atom is -0.487 e. The van der Waals surface area contributed by atoms with Gasteiger partial charge < -0.3 is 15.2 Å². The predicted octanol–water partition coefficient (Wildman–Crippen LogP) is 4.60. The molecule has 0 spiro atoms. The van der Waals surface area contributed by atoms with Crippen LogP contribution >= 0.6 is 43.6 Å². The van der Waals surface area contributed by atoms with Gasteiger partial charge >= 0.3 is 5.97 Å². The van der Waals surface area contributed by atoms with Gasteiger partial charge in [-0.1, -0.05) is 28.1 Å². The van der Waals surface area contributed by atoms with E-state index in [9.17, 15) is 14.4 Å². The highest BCUT2D eigenvalue weighted by molar-refractivity contribution is 9.11. The molecule has 0 aromatic heterocycles. The number of benzene rings is 2. The van der Waals surface area contributed by atoms with Crippen LogP contribution in [0.15, 0.2) is 55.2 Å². The van der Waals surface area contributed by atoms with Crippen molar-refractivity contribution in [2.45, 2.75) is 13.5 Å². The molecule has 0 unspecified atom stereocenters. The Kier molecular flexibility index (Phi) is 7.11. The largest absolute Gasteiger partial charge is 0.487 e. The molecule has 3 rings (SSSR count).